The van der Waals surface area contributed by atoms with Crippen LogP contribution in [0.5, 0.6) is 0 Å². The van der Waals surface area contributed by atoms with Crippen LogP contribution in [0.15, 0.2) is 17.3 Å². The lowest BCUT2D eigenvalue weighted by Crippen LogP contribution is -2.23. The second-order valence-corrected chi connectivity index (χ2v) is 9.34. The van der Waals surface area contributed by atoms with E-state index in [1.165, 1.54) is 0 Å². The van der Waals surface area contributed by atoms with Gasteiger partial charge in [-0.3, -0.25) is 4.79 Å². The third kappa shape index (κ3) is 4.35. The Bertz CT molecular complexity index is 1220. The van der Waals surface area contributed by atoms with E-state index in [0.717, 1.165) is 80.3 Å². The van der Waals surface area contributed by atoms with Gasteiger partial charge >= 0.3 is 0 Å². The summed E-state index contributed by atoms with van der Waals surface area (Å²) in [6, 6.07) is 4.37. The van der Waals surface area contributed by atoms with Crippen molar-refractivity contribution in [3.05, 3.63) is 40.6 Å². The topological polar surface area (TPSA) is 95.7 Å². The number of amides is 1. The first-order chi connectivity index (χ1) is 16.0. The van der Waals surface area contributed by atoms with Crippen molar-refractivity contribution in [2.24, 2.45) is 0 Å². The van der Waals surface area contributed by atoms with Crippen molar-refractivity contribution < 1.29 is 18.3 Å². The summed E-state index contributed by atoms with van der Waals surface area (Å²) in [5.41, 5.74) is 3.35. The van der Waals surface area contributed by atoms with E-state index in [-0.39, 0.29) is 17.8 Å². The average molecular weight is 472 g/mol. The second kappa shape index (κ2) is 9.15. The number of nitrogens with one attached hydrogen (secondary N) is 2. The van der Waals surface area contributed by atoms with Crippen LogP contribution in [0, 0.1) is 23.0 Å². The summed E-state index contributed by atoms with van der Waals surface area (Å²) in [5.74, 6) is -1.63. The number of fused-ring (bicyclic) bond motifs is 2. The minimum absolute atomic E-state index is 0.0332. The minimum Gasteiger partial charge on any atom is -0.376 e. The van der Waals surface area contributed by atoms with Gasteiger partial charge in [-0.05, 0) is 44.1 Å². The van der Waals surface area contributed by atoms with Gasteiger partial charge in [-0.25, -0.2) is 13.8 Å². The highest BCUT2D eigenvalue weighted by Crippen LogP contribution is 2.34. The Balaban J connectivity index is 1.35. The zero-order chi connectivity index (χ0) is 22.9. The molecule has 1 aromatic carbocycles. The highest BCUT2D eigenvalue weighted by atomic mass is 32.2. The van der Waals surface area contributed by atoms with Crippen LogP contribution in [-0.2, 0) is 28.9 Å². The van der Waals surface area contributed by atoms with Gasteiger partial charge < -0.3 is 19.6 Å². The van der Waals surface area contributed by atoms with Crippen LogP contribution in [-0.4, -0.2) is 38.9 Å². The molecule has 2 aliphatic rings. The molecule has 2 N–H and O–H groups in total. The highest BCUT2D eigenvalue weighted by molar-refractivity contribution is 7.99. The zero-order valence-corrected chi connectivity index (χ0v) is 18.7. The maximum absolute atomic E-state index is 13.4. The van der Waals surface area contributed by atoms with Crippen LogP contribution in [0.25, 0.3) is 11.0 Å². The van der Waals surface area contributed by atoms with Gasteiger partial charge in [-0.2, -0.15) is 5.26 Å². The van der Waals surface area contributed by atoms with E-state index in [2.05, 4.69) is 25.9 Å². The van der Waals surface area contributed by atoms with E-state index in [0.29, 0.717) is 34.1 Å². The van der Waals surface area contributed by atoms with Crippen molar-refractivity contribution >= 4 is 34.5 Å². The molecule has 1 fully saturated rings. The van der Waals surface area contributed by atoms with Crippen molar-refractivity contribution in [3.63, 3.8) is 0 Å². The number of rotatable bonds is 6. The molecule has 1 saturated heterocycles. The standard InChI is InChI=1S/C23H23F2N5O2S/c24-16-8-18-19(9-17(16)25)28-23(27-18)33-12-21(31)29-22-15(10-26)14-5-1-2-6-20(14)30(22)11-13-4-3-7-32-13/h8-9,13H,1-7,11-12H2,(H,27,28)(H,29,31). The number of anilines is 1. The first kappa shape index (κ1) is 21.9. The van der Waals surface area contributed by atoms with Crippen molar-refractivity contribution in [2.75, 3.05) is 17.7 Å². The lowest BCUT2D eigenvalue weighted by Gasteiger charge is -2.19. The number of imidazole rings is 1. The number of hydrogen-bond donors (Lipinski definition) is 2. The molecule has 3 aromatic rings. The molecular weight excluding hydrogens is 448 g/mol. The molecular formula is C23H23F2N5O2S. The number of nitrogens with zero attached hydrogens (tertiary/aromatic N) is 3. The van der Waals surface area contributed by atoms with Crippen molar-refractivity contribution in [3.8, 4) is 6.07 Å². The van der Waals surface area contributed by atoms with Gasteiger partial charge in [-0.1, -0.05) is 11.8 Å². The third-order valence-electron chi connectivity index (χ3n) is 6.20. The van der Waals surface area contributed by atoms with Gasteiger partial charge in [0.1, 0.15) is 11.9 Å². The van der Waals surface area contributed by atoms with Crippen LogP contribution in [0.3, 0.4) is 0 Å². The second-order valence-electron chi connectivity index (χ2n) is 8.38. The van der Waals surface area contributed by atoms with Gasteiger partial charge in [0.15, 0.2) is 16.8 Å². The number of carbonyl (C=O) groups excluding carboxylic acids is 1. The largest absolute Gasteiger partial charge is 0.376 e. The molecule has 0 saturated carbocycles. The normalized spacial score (nSPS) is 17.8. The molecule has 2 aromatic heterocycles. The molecule has 1 unspecified atom stereocenters. The molecule has 0 spiro atoms. The number of thioether (sulfide) groups is 1. The summed E-state index contributed by atoms with van der Waals surface area (Å²) in [7, 11) is 0. The van der Waals surface area contributed by atoms with Gasteiger partial charge in [0.25, 0.3) is 0 Å². The zero-order valence-electron chi connectivity index (χ0n) is 17.9. The number of aromatic amines is 1. The van der Waals surface area contributed by atoms with E-state index in [1.54, 1.807) is 0 Å². The lowest BCUT2D eigenvalue weighted by molar-refractivity contribution is -0.113. The molecule has 33 heavy (non-hydrogen) atoms. The molecule has 0 radical (unpaired) electrons. The molecule has 5 rings (SSSR count). The van der Waals surface area contributed by atoms with Crippen molar-refractivity contribution in [1.29, 1.82) is 5.26 Å². The summed E-state index contributed by atoms with van der Waals surface area (Å²) < 4.78 is 34.7. The Hall–Kier alpha value is -2.90. The fourth-order valence-electron chi connectivity index (χ4n) is 4.67. The Labute approximate surface area is 193 Å². The van der Waals surface area contributed by atoms with Gasteiger partial charge in [-0.15, -0.1) is 0 Å². The number of ether oxygens (including phenoxy) is 1. The molecule has 1 atom stereocenters. The first-order valence-electron chi connectivity index (χ1n) is 11.1. The van der Waals surface area contributed by atoms with E-state index in [9.17, 15) is 18.8 Å². The number of benzene rings is 1. The Morgan fingerprint density at radius 3 is 2.91 bits per heavy atom. The maximum Gasteiger partial charge on any atom is 0.235 e. The van der Waals surface area contributed by atoms with Crippen molar-refractivity contribution in [1.82, 2.24) is 14.5 Å². The van der Waals surface area contributed by atoms with Crippen LogP contribution in [0.1, 0.15) is 42.5 Å². The van der Waals surface area contributed by atoms with E-state index in [4.69, 9.17) is 4.74 Å². The molecule has 3 heterocycles. The summed E-state index contributed by atoms with van der Waals surface area (Å²) in [4.78, 5) is 19.9. The van der Waals surface area contributed by atoms with Crippen LogP contribution in [0.2, 0.25) is 0 Å². The molecule has 0 bridgehead atoms. The van der Waals surface area contributed by atoms with Crippen LogP contribution in [0.4, 0.5) is 14.6 Å². The van der Waals surface area contributed by atoms with E-state index < -0.39 is 11.6 Å². The predicted molar refractivity (Wildman–Crippen MR) is 120 cm³/mol. The smallest absolute Gasteiger partial charge is 0.235 e. The number of aromatic nitrogens is 3. The number of halogens is 2. The SMILES string of the molecule is N#Cc1c2c(n(CC3CCCO3)c1NC(=O)CSc1nc3cc(F)c(F)cc3[nH]1)CCCC2. The quantitative estimate of drug-likeness (QED) is 0.523. The van der Waals surface area contributed by atoms with Crippen molar-refractivity contribution in [2.45, 2.75) is 56.3 Å². The molecule has 1 amide bonds. The fourth-order valence-corrected chi connectivity index (χ4v) is 5.35. The average Bonchev–Trinajstić information content (AvgIpc) is 3.52. The number of H-pyrrole nitrogens is 1. The Morgan fingerprint density at radius 2 is 2.12 bits per heavy atom. The fraction of sp³-hybridized carbons (Fsp3) is 0.435. The molecule has 1 aliphatic heterocycles. The Morgan fingerprint density at radius 1 is 1.30 bits per heavy atom. The number of hydrogen-bond acceptors (Lipinski definition) is 5. The summed E-state index contributed by atoms with van der Waals surface area (Å²) in [5, 5.41) is 13.2. The molecule has 7 nitrogen and oxygen atoms in total. The summed E-state index contributed by atoms with van der Waals surface area (Å²) in [6.45, 7) is 1.36. The monoisotopic (exact) mass is 471 g/mol. The minimum atomic E-state index is -0.969. The van der Waals surface area contributed by atoms with Gasteiger partial charge in [0.2, 0.25) is 5.91 Å². The summed E-state index contributed by atoms with van der Waals surface area (Å²) >= 11 is 1.13. The van der Waals surface area contributed by atoms with E-state index in [1.807, 2.05) is 0 Å². The molecule has 10 heteroatoms. The van der Waals surface area contributed by atoms with E-state index >= 15 is 0 Å². The molecule has 172 valence electrons. The van der Waals surface area contributed by atoms with Crippen LogP contribution < -0.4 is 5.32 Å². The predicted octanol–water partition coefficient (Wildman–Crippen LogP) is 4.30. The van der Waals surface area contributed by atoms with Gasteiger partial charge in [0, 0.05) is 24.4 Å². The van der Waals surface area contributed by atoms with Gasteiger partial charge in [0.05, 0.1) is 35.0 Å². The third-order valence-corrected chi connectivity index (χ3v) is 7.07. The van der Waals surface area contributed by atoms with Crippen LogP contribution >= 0.6 is 11.8 Å². The molecule has 1 aliphatic carbocycles. The lowest BCUT2D eigenvalue weighted by atomic mass is 9.95. The maximum atomic E-state index is 13.4. The number of carbonyl (C=O) groups is 1. The highest BCUT2D eigenvalue weighted by Gasteiger charge is 2.28. The Kier molecular flexibility index (Phi) is 6.08. The summed E-state index contributed by atoms with van der Waals surface area (Å²) in [6.07, 6.45) is 5.87. The first-order valence-corrected chi connectivity index (χ1v) is 12.1. The number of nitriles is 1.